The number of hydrogen-bond acceptors (Lipinski definition) is 6. The minimum atomic E-state index is -4.67. The molecule has 0 fully saturated rings. The fraction of sp³-hybridized carbons (Fsp3) is 0.318. The summed E-state index contributed by atoms with van der Waals surface area (Å²) in [5, 5.41) is 12.8. The van der Waals surface area contributed by atoms with Crippen molar-refractivity contribution in [2.45, 2.75) is 69.1 Å². The van der Waals surface area contributed by atoms with Gasteiger partial charge in [0.2, 0.25) is 5.69 Å². The number of benzene rings is 4. The van der Waals surface area contributed by atoms with Crippen molar-refractivity contribution >= 4 is 54.7 Å². The molecule has 0 aliphatic carbocycles. The van der Waals surface area contributed by atoms with E-state index in [9.17, 15) is 17.8 Å². The molecule has 0 amide bonds. The fourth-order valence-electron chi connectivity index (χ4n) is 8.22. The molecule has 0 radical (unpaired) electrons. The minimum Gasteiger partial charge on any atom is -0.744 e. The molecule has 0 bridgehead atoms. The summed E-state index contributed by atoms with van der Waals surface area (Å²) in [5.74, 6) is -0.797. The molecule has 2 aliphatic heterocycles. The highest BCUT2D eigenvalue weighted by molar-refractivity contribution is 7.86. The van der Waals surface area contributed by atoms with Crippen LogP contribution in [0.1, 0.15) is 64.5 Å². The lowest BCUT2D eigenvalue weighted by atomic mass is 9.79. The molecule has 0 atom stereocenters. The highest BCUT2D eigenvalue weighted by atomic mass is 32.2. The molecule has 276 valence electrons. The summed E-state index contributed by atoms with van der Waals surface area (Å²) < 4.78 is 44.2. The number of methoxy groups -OCH3 is 1. The summed E-state index contributed by atoms with van der Waals surface area (Å²) in [6.45, 7) is 10.8. The van der Waals surface area contributed by atoms with Gasteiger partial charge in [-0.2, -0.15) is 4.58 Å². The zero-order valence-electron chi connectivity index (χ0n) is 31.1. The first-order valence-electron chi connectivity index (χ1n) is 18.2. The summed E-state index contributed by atoms with van der Waals surface area (Å²) in [7, 11) is -2.94. The topological polar surface area (TPSA) is 110 Å². The Labute approximate surface area is 312 Å². The highest BCUT2D eigenvalue weighted by Crippen LogP contribution is 2.50. The number of ether oxygens (including phenoxy) is 1. The van der Waals surface area contributed by atoms with Crippen LogP contribution in [-0.2, 0) is 30.5 Å². The van der Waals surface area contributed by atoms with Crippen LogP contribution >= 0.6 is 0 Å². The number of anilines is 1. The molecule has 8 nitrogen and oxygen atoms in total. The van der Waals surface area contributed by atoms with E-state index >= 15 is 0 Å². The van der Waals surface area contributed by atoms with Gasteiger partial charge in [0.15, 0.2) is 5.71 Å². The molecule has 0 unspecified atom stereocenters. The SMILES string of the molecule is COCCN1C(=CC=CC=CC=CC2=[N+](CCCCCC(=O)O)c3ccc4c(S(=O)(=O)[O-])cccc4c3C2(C)C)C(C)(C)c2c1ccc1ccccc21. The Morgan fingerprint density at radius 2 is 1.57 bits per heavy atom. The molecule has 0 saturated carbocycles. The van der Waals surface area contributed by atoms with E-state index in [1.165, 1.54) is 33.8 Å². The second-order valence-electron chi connectivity index (χ2n) is 14.8. The maximum Gasteiger partial charge on any atom is 0.303 e. The Hall–Kier alpha value is -4.83. The van der Waals surface area contributed by atoms with E-state index in [-0.39, 0.29) is 16.7 Å². The van der Waals surface area contributed by atoms with Crippen LogP contribution < -0.4 is 4.90 Å². The normalized spacial score (nSPS) is 17.4. The number of hydrogen-bond donors (Lipinski definition) is 1. The van der Waals surface area contributed by atoms with E-state index in [0.29, 0.717) is 25.0 Å². The van der Waals surface area contributed by atoms with Gasteiger partial charge >= 0.3 is 5.97 Å². The number of carbonyl (C=O) groups is 1. The minimum absolute atomic E-state index is 0.136. The zero-order valence-corrected chi connectivity index (χ0v) is 31.9. The van der Waals surface area contributed by atoms with Gasteiger partial charge in [0.05, 0.1) is 16.9 Å². The van der Waals surface area contributed by atoms with E-state index in [0.717, 1.165) is 41.7 Å². The van der Waals surface area contributed by atoms with Gasteiger partial charge < -0.3 is 19.3 Å². The quantitative estimate of drug-likeness (QED) is 0.0597. The van der Waals surface area contributed by atoms with Crippen LogP contribution in [0.4, 0.5) is 11.4 Å². The zero-order chi connectivity index (χ0) is 38.0. The van der Waals surface area contributed by atoms with Gasteiger partial charge in [0, 0.05) is 61.0 Å². The monoisotopic (exact) mass is 732 g/mol. The Bertz CT molecular complexity index is 2330. The van der Waals surface area contributed by atoms with Crippen molar-refractivity contribution < 1.29 is 32.2 Å². The molecule has 53 heavy (non-hydrogen) atoms. The van der Waals surface area contributed by atoms with Crippen LogP contribution in [-0.4, -0.2) is 61.1 Å². The number of rotatable bonds is 14. The van der Waals surface area contributed by atoms with Crippen molar-refractivity contribution in [1.82, 2.24) is 0 Å². The first kappa shape index (κ1) is 37.9. The summed E-state index contributed by atoms with van der Waals surface area (Å²) in [6.07, 6.45) is 16.7. The number of carboxylic acids is 1. The van der Waals surface area contributed by atoms with Gasteiger partial charge in [0.25, 0.3) is 0 Å². The number of unbranched alkanes of at least 4 members (excludes halogenated alkanes) is 2. The second kappa shape index (κ2) is 15.3. The van der Waals surface area contributed by atoms with Crippen molar-refractivity contribution in [2.75, 3.05) is 31.7 Å². The first-order chi connectivity index (χ1) is 25.3. The molecule has 9 heteroatoms. The number of carboxylic acid groups (broad SMARTS) is 1. The molecule has 4 aromatic carbocycles. The van der Waals surface area contributed by atoms with Gasteiger partial charge in [0.1, 0.15) is 16.7 Å². The molecular formula is C44H48N2O6S. The summed E-state index contributed by atoms with van der Waals surface area (Å²) >= 11 is 0. The first-order valence-corrected chi connectivity index (χ1v) is 19.6. The molecule has 0 aromatic heterocycles. The van der Waals surface area contributed by atoms with Crippen LogP contribution in [0.25, 0.3) is 21.5 Å². The predicted octanol–water partition coefficient (Wildman–Crippen LogP) is 8.92. The third kappa shape index (κ3) is 7.38. The summed E-state index contributed by atoms with van der Waals surface area (Å²) in [5.41, 5.74) is 5.99. The number of nitrogens with zero attached hydrogens (tertiary/aromatic N) is 2. The maximum atomic E-state index is 12.2. The highest BCUT2D eigenvalue weighted by Gasteiger charge is 2.45. The van der Waals surface area contributed by atoms with Gasteiger partial charge in [-0.1, -0.05) is 86.7 Å². The van der Waals surface area contributed by atoms with Gasteiger partial charge in [-0.25, -0.2) is 8.42 Å². The lowest BCUT2D eigenvalue weighted by Crippen LogP contribution is -2.28. The number of fused-ring (bicyclic) bond motifs is 6. The average molecular weight is 733 g/mol. The van der Waals surface area contributed by atoms with E-state index in [1.54, 1.807) is 19.2 Å². The van der Waals surface area contributed by atoms with E-state index in [1.807, 2.05) is 36.4 Å². The van der Waals surface area contributed by atoms with Crippen molar-refractivity contribution in [3.63, 3.8) is 0 Å². The van der Waals surface area contributed by atoms with Crippen molar-refractivity contribution in [3.8, 4) is 0 Å². The molecule has 2 heterocycles. The fourth-order valence-corrected chi connectivity index (χ4v) is 8.91. The van der Waals surface area contributed by atoms with Crippen molar-refractivity contribution in [2.24, 2.45) is 0 Å². The molecule has 0 saturated heterocycles. The van der Waals surface area contributed by atoms with Crippen LogP contribution in [0.15, 0.2) is 120 Å². The van der Waals surface area contributed by atoms with Crippen molar-refractivity contribution in [1.29, 1.82) is 0 Å². The number of allylic oxidation sites excluding steroid dienone is 8. The Kier molecular flexibility index (Phi) is 10.9. The summed E-state index contributed by atoms with van der Waals surface area (Å²) in [6, 6.07) is 21.5. The largest absolute Gasteiger partial charge is 0.744 e. The van der Waals surface area contributed by atoms with E-state index < -0.39 is 21.5 Å². The summed E-state index contributed by atoms with van der Waals surface area (Å²) in [4.78, 5) is 13.2. The van der Waals surface area contributed by atoms with Gasteiger partial charge in [-0.3, -0.25) is 4.79 Å². The number of aliphatic carboxylic acids is 1. The lowest BCUT2D eigenvalue weighted by molar-refractivity contribution is -0.438. The standard InChI is InChI=1S/C44H48N2O6S/c1-43(2)39(46(29-30-52-5)35-26-24-31-17-13-14-18-32(31)41(35)43)22-11-8-6-7-10-21-38-44(3,4)42-34-19-16-20-37(53(49,50)51)33(34)25-27-36(42)45(38)28-15-9-12-23-40(47)48/h6-8,10-11,13-14,16-22,24-27H,9,12,15,23,28-30H2,1-5H3,(H-,47,48,49,50,51). The Morgan fingerprint density at radius 3 is 2.32 bits per heavy atom. The van der Waals surface area contributed by atoms with Gasteiger partial charge in [-0.05, 0) is 78.1 Å². The third-order valence-electron chi connectivity index (χ3n) is 10.6. The molecule has 0 spiro atoms. The predicted molar refractivity (Wildman–Crippen MR) is 213 cm³/mol. The lowest BCUT2D eigenvalue weighted by Gasteiger charge is -2.26. The maximum absolute atomic E-state index is 12.2. The van der Waals surface area contributed by atoms with Crippen LogP contribution in [0.2, 0.25) is 0 Å². The third-order valence-corrected chi connectivity index (χ3v) is 11.5. The van der Waals surface area contributed by atoms with E-state index in [4.69, 9.17) is 9.84 Å². The van der Waals surface area contributed by atoms with Crippen LogP contribution in [0.3, 0.4) is 0 Å². The van der Waals surface area contributed by atoms with Crippen LogP contribution in [0, 0.1) is 0 Å². The average Bonchev–Trinajstić information content (AvgIpc) is 3.47. The molecule has 2 aliphatic rings. The Balaban J connectivity index is 1.28. The van der Waals surface area contributed by atoms with Crippen molar-refractivity contribution in [3.05, 3.63) is 126 Å². The van der Waals surface area contributed by atoms with Crippen LogP contribution in [0.5, 0.6) is 0 Å². The smallest absolute Gasteiger partial charge is 0.303 e. The molecule has 1 N–H and O–H groups in total. The molecule has 6 rings (SSSR count). The second-order valence-corrected chi connectivity index (χ2v) is 16.1. The van der Waals surface area contributed by atoms with Gasteiger partial charge in [-0.15, -0.1) is 0 Å². The van der Waals surface area contributed by atoms with E-state index in [2.05, 4.69) is 91.8 Å². The Morgan fingerprint density at radius 1 is 0.830 bits per heavy atom. The molecule has 4 aromatic rings. The molecular weight excluding hydrogens is 685 g/mol.